The van der Waals surface area contributed by atoms with Gasteiger partial charge >= 0.3 is 23.9 Å². The number of aliphatic carboxylic acids is 4. The van der Waals surface area contributed by atoms with Gasteiger partial charge in [0.25, 0.3) is 0 Å². The van der Waals surface area contributed by atoms with Crippen molar-refractivity contribution in [3.63, 3.8) is 0 Å². The van der Waals surface area contributed by atoms with Crippen molar-refractivity contribution in [1.29, 1.82) is 0 Å². The summed E-state index contributed by atoms with van der Waals surface area (Å²) in [7, 11) is 0. The molecule has 18 heavy (non-hydrogen) atoms. The molecule has 0 spiro atoms. The standard InChI is InChI=1S/C10H12O8/c11-6(12)2-3-4(8(13)14)1-5(9(15)16)7(3)10(17)18/h3-5,7H,1-2H2,(H,11,12)(H,13,14)(H,15,16)(H,17,18)/t3-,4+,5-,7+/m0/s1. The van der Waals surface area contributed by atoms with E-state index in [2.05, 4.69) is 0 Å². The fourth-order valence-corrected chi connectivity index (χ4v) is 2.51. The Morgan fingerprint density at radius 2 is 1.33 bits per heavy atom. The van der Waals surface area contributed by atoms with Gasteiger partial charge in [-0.15, -0.1) is 0 Å². The molecule has 0 bridgehead atoms. The highest BCUT2D eigenvalue weighted by Crippen LogP contribution is 2.44. The minimum atomic E-state index is -1.49. The number of hydrogen-bond donors (Lipinski definition) is 4. The van der Waals surface area contributed by atoms with E-state index in [9.17, 15) is 19.2 Å². The van der Waals surface area contributed by atoms with Crippen molar-refractivity contribution in [2.24, 2.45) is 23.7 Å². The zero-order valence-electron chi connectivity index (χ0n) is 9.15. The van der Waals surface area contributed by atoms with Crippen LogP contribution in [0.2, 0.25) is 0 Å². The molecule has 0 amide bonds. The Labute approximate surface area is 101 Å². The lowest BCUT2D eigenvalue weighted by Crippen LogP contribution is -2.32. The van der Waals surface area contributed by atoms with Crippen molar-refractivity contribution in [2.45, 2.75) is 12.8 Å². The molecule has 0 aromatic rings. The summed E-state index contributed by atoms with van der Waals surface area (Å²) < 4.78 is 0. The Morgan fingerprint density at radius 1 is 0.833 bits per heavy atom. The molecule has 1 aliphatic carbocycles. The van der Waals surface area contributed by atoms with Gasteiger partial charge in [0.05, 0.1) is 17.8 Å². The molecule has 100 valence electrons. The second kappa shape index (κ2) is 5.03. The van der Waals surface area contributed by atoms with Gasteiger partial charge in [-0.05, 0) is 12.3 Å². The van der Waals surface area contributed by atoms with Crippen molar-refractivity contribution in [3.05, 3.63) is 0 Å². The van der Waals surface area contributed by atoms with Gasteiger partial charge in [0.1, 0.15) is 0 Å². The fraction of sp³-hybridized carbons (Fsp3) is 0.600. The second-order valence-corrected chi connectivity index (χ2v) is 4.25. The largest absolute Gasteiger partial charge is 0.481 e. The quantitative estimate of drug-likeness (QED) is 0.520. The average Bonchev–Trinajstić information content (AvgIpc) is 2.56. The maximum atomic E-state index is 11.0. The normalized spacial score (nSPS) is 30.9. The first kappa shape index (κ1) is 13.9. The third-order valence-electron chi connectivity index (χ3n) is 3.25. The summed E-state index contributed by atoms with van der Waals surface area (Å²) in [6.45, 7) is 0. The smallest absolute Gasteiger partial charge is 0.307 e. The minimum absolute atomic E-state index is 0.362. The van der Waals surface area contributed by atoms with Crippen molar-refractivity contribution in [3.8, 4) is 0 Å². The van der Waals surface area contributed by atoms with Crippen LogP contribution in [-0.4, -0.2) is 44.3 Å². The molecule has 1 rings (SSSR count). The van der Waals surface area contributed by atoms with E-state index in [-0.39, 0.29) is 6.42 Å². The lowest BCUT2D eigenvalue weighted by molar-refractivity contribution is -0.155. The lowest BCUT2D eigenvalue weighted by Gasteiger charge is -2.18. The summed E-state index contributed by atoms with van der Waals surface area (Å²) in [6, 6.07) is 0. The summed E-state index contributed by atoms with van der Waals surface area (Å²) in [4.78, 5) is 43.5. The van der Waals surface area contributed by atoms with Crippen molar-refractivity contribution in [1.82, 2.24) is 0 Å². The molecule has 4 atom stereocenters. The van der Waals surface area contributed by atoms with Crippen LogP contribution in [0.5, 0.6) is 0 Å². The van der Waals surface area contributed by atoms with Gasteiger partial charge in [0, 0.05) is 6.42 Å². The summed E-state index contributed by atoms with van der Waals surface area (Å²) in [5, 5.41) is 35.4. The van der Waals surface area contributed by atoms with Crippen molar-refractivity contribution in [2.75, 3.05) is 0 Å². The summed E-state index contributed by atoms with van der Waals surface area (Å²) in [5.41, 5.74) is 0. The van der Waals surface area contributed by atoms with E-state index in [0.717, 1.165) is 0 Å². The van der Waals surface area contributed by atoms with Gasteiger partial charge in [-0.2, -0.15) is 0 Å². The molecule has 0 aliphatic heterocycles. The zero-order valence-corrected chi connectivity index (χ0v) is 9.15. The van der Waals surface area contributed by atoms with E-state index < -0.39 is 54.0 Å². The zero-order chi connectivity index (χ0) is 14.0. The van der Waals surface area contributed by atoms with E-state index >= 15 is 0 Å². The summed E-state index contributed by atoms with van der Waals surface area (Å²) >= 11 is 0. The molecule has 0 aromatic carbocycles. The van der Waals surface area contributed by atoms with Crippen LogP contribution in [0.4, 0.5) is 0 Å². The average molecular weight is 260 g/mol. The molecule has 1 saturated carbocycles. The molecule has 0 heterocycles. The summed E-state index contributed by atoms with van der Waals surface area (Å²) in [6.07, 6.45) is -1.03. The highest BCUT2D eigenvalue weighted by Gasteiger charge is 2.53. The van der Waals surface area contributed by atoms with Gasteiger partial charge in [-0.25, -0.2) is 0 Å². The van der Waals surface area contributed by atoms with Crippen LogP contribution in [0.25, 0.3) is 0 Å². The molecule has 0 radical (unpaired) electrons. The molecule has 8 heteroatoms. The van der Waals surface area contributed by atoms with Crippen molar-refractivity contribution < 1.29 is 39.6 Å². The molecule has 8 nitrogen and oxygen atoms in total. The van der Waals surface area contributed by atoms with Crippen LogP contribution in [0, 0.1) is 23.7 Å². The maximum Gasteiger partial charge on any atom is 0.307 e. The van der Waals surface area contributed by atoms with Crippen LogP contribution in [0.1, 0.15) is 12.8 Å². The Hall–Kier alpha value is -2.12. The first-order valence-electron chi connectivity index (χ1n) is 5.16. The maximum absolute atomic E-state index is 11.0. The second-order valence-electron chi connectivity index (χ2n) is 4.25. The highest BCUT2D eigenvalue weighted by molar-refractivity contribution is 5.85. The molecular formula is C10H12O8. The van der Waals surface area contributed by atoms with Gasteiger partial charge in [0.15, 0.2) is 0 Å². The van der Waals surface area contributed by atoms with Gasteiger partial charge in [-0.1, -0.05) is 0 Å². The van der Waals surface area contributed by atoms with Gasteiger partial charge < -0.3 is 20.4 Å². The van der Waals surface area contributed by atoms with Crippen molar-refractivity contribution >= 4 is 23.9 Å². The van der Waals surface area contributed by atoms with E-state index in [4.69, 9.17) is 20.4 Å². The fourth-order valence-electron chi connectivity index (χ4n) is 2.51. The van der Waals surface area contributed by atoms with Crippen LogP contribution in [0.3, 0.4) is 0 Å². The number of rotatable bonds is 5. The Balaban J connectivity index is 3.10. The van der Waals surface area contributed by atoms with Crippen LogP contribution >= 0.6 is 0 Å². The predicted molar refractivity (Wildman–Crippen MR) is 53.7 cm³/mol. The Kier molecular flexibility index (Phi) is 3.89. The molecule has 1 fully saturated rings. The van der Waals surface area contributed by atoms with E-state index in [1.54, 1.807) is 0 Å². The van der Waals surface area contributed by atoms with E-state index in [1.165, 1.54) is 0 Å². The number of carbonyl (C=O) groups is 4. The molecule has 0 aromatic heterocycles. The monoisotopic (exact) mass is 260 g/mol. The SMILES string of the molecule is O=C(O)C[C@@H]1[C@@H](C(=O)O)[C@@H](C(=O)O)C[C@H]1C(=O)O. The van der Waals surface area contributed by atoms with Crippen LogP contribution in [-0.2, 0) is 19.2 Å². The van der Waals surface area contributed by atoms with Gasteiger partial charge in [0.2, 0.25) is 0 Å². The third-order valence-corrected chi connectivity index (χ3v) is 3.25. The molecule has 4 N–H and O–H groups in total. The first-order valence-corrected chi connectivity index (χ1v) is 5.16. The van der Waals surface area contributed by atoms with E-state index in [1.807, 2.05) is 0 Å². The topological polar surface area (TPSA) is 149 Å². The Morgan fingerprint density at radius 3 is 1.67 bits per heavy atom. The van der Waals surface area contributed by atoms with Crippen LogP contribution in [0.15, 0.2) is 0 Å². The van der Waals surface area contributed by atoms with Gasteiger partial charge in [-0.3, -0.25) is 19.2 Å². The number of carboxylic acid groups (broad SMARTS) is 4. The summed E-state index contributed by atoms with van der Waals surface area (Å²) in [5.74, 6) is -10.9. The first-order chi connectivity index (χ1) is 8.25. The Bertz CT molecular complexity index is 401. The predicted octanol–water partition coefficient (Wildman–Crippen LogP) is -0.417. The third kappa shape index (κ3) is 2.58. The van der Waals surface area contributed by atoms with Crippen LogP contribution < -0.4 is 0 Å². The number of hydrogen-bond acceptors (Lipinski definition) is 4. The number of carboxylic acids is 4. The minimum Gasteiger partial charge on any atom is -0.481 e. The lowest BCUT2D eigenvalue weighted by atomic mass is 9.84. The molecular weight excluding hydrogens is 248 g/mol. The highest BCUT2D eigenvalue weighted by atomic mass is 16.4. The molecule has 0 unspecified atom stereocenters. The molecule has 1 aliphatic rings. The molecule has 0 saturated heterocycles. The van der Waals surface area contributed by atoms with E-state index in [0.29, 0.717) is 0 Å².